The summed E-state index contributed by atoms with van der Waals surface area (Å²) >= 11 is 0. The lowest BCUT2D eigenvalue weighted by Gasteiger charge is -2.33. The first kappa shape index (κ1) is 23.4. The minimum Gasteiger partial charge on any atom is -0.444 e. The van der Waals surface area contributed by atoms with E-state index in [9.17, 15) is 14.4 Å². The van der Waals surface area contributed by atoms with Gasteiger partial charge in [0, 0.05) is 13.1 Å². The molecule has 32 heavy (non-hydrogen) atoms. The standard InChI is InChI=1S/C22H32N6O4/c1-6-14(2)17(25-21(31)32-22(3,4)5)18(29)27-12-9-13-28(27)20(30)26-19-23-15-10-7-8-11-16(15)24-19/h7-8,10-11,14,17H,6,9,12-13H2,1-5H3,(H,25,31)(H2,23,24,26,30). The molecule has 4 amide bonds. The molecule has 10 nitrogen and oxygen atoms in total. The lowest BCUT2D eigenvalue weighted by molar-refractivity contribution is -0.143. The largest absolute Gasteiger partial charge is 0.444 e. The van der Waals surface area contributed by atoms with E-state index in [1.54, 1.807) is 20.8 Å². The van der Waals surface area contributed by atoms with Crippen LogP contribution in [0, 0.1) is 5.92 Å². The first-order valence-corrected chi connectivity index (χ1v) is 10.9. The highest BCUT2D eigenvalue weighted by Crippen LogP contribution is 2.20. The molecule has 174 valence electrons. The molecule has 3 rings (SSSR count). The molecule has 1 aromatic heterocycles. The number of aromatic amines is 1. The molecule has 0 spiro atoms. The van der Waals surface area contributed by atoms with Crippen molar-refractivity contribution in [2.45, 2.75) is 59.1 Å². The van der Waals surface area contributed by atoms with Crippen LogP contribution in [0.3, 0.4) is 0 Å². The van der Waals surface area contributed by atoms with E-state index in [1.165, 1.54) is 10.0 Å². The summed E-state index contributed by atoms with van der Waals surface area (Å²) in [6, 6.07) is 6.17. The number of alkyl carbamates (subject to hydrolysis) is 1. The molecular weight excluding hydrogens is 412 g/mol. The Morgan fingerprint density at radius 1 is 1.19 bits per heavy atom. The predicted octanol–water partition coefficient (Wildman–Crippen LogP) is 3.48. The Morgan fingerprint density at radius 3 is 2.53 bits per heavy atom. The summed E-state index contributed by atoms with van der Waals surface area (Å²) in [7, 11) is 0. The zero-order chi connectivity index (χ0) is 23.5. The van der Waals surface area contributed by atoms with Gasteiger partial charge in [0.1, 0.15) is 11.6 Å². The van der Waals surface area contributed by atoms with Crippen LogP contribution in [-0.4, -0.2) is 62.7 Å². The van der Waals surface area contributed by atoms with Gasteiger partial charge < -0.3 is 15.0 Å². The van der Waals surface area contributed by atoms with E-state index >= 15 is 0 Å². The van der Waals surface area contributed by atoms with Crippen LogP contribution >= 0.6 is 0 Å². The van der Waals surface area contributed by atoms with Gasteiger partial charge in [0.05, 0.1) is 11.0 Å². The van der Waals surface area contributed by atoms with Crippen LogP contribution in [0.2, 0.25) is 0 Å². The van der Waals surface area contributed by atoms with Crippen molar-refractivity contribution < 1.29 is 19.1 Å². The molecule has 1 aliphatic rings. The lowest BCUT2D eigenvalue weighted by atomic mass is 9.98. The van der Waals surface area contributed by atoms with Gasteiger partial charge in [-0.2, -0.15) is 0 Å². The maximum absolute atomic E-state index is 13.4. The van der Waals surface area contributed by atoms with Crippen molar-refractivity contribution in [1.82, 2.24) is 25.3 Å². The van der Waals surface area contributed by atoms with E-state index in [1.807, 2.05) is 38.1 Å². The number of hydrazine groups is 1. The second-order valence-electron chi connectivity index (χ2n) is 8.98. The number of H-pyrrole nitrogens is 1. The number of carbonyl (C=O) groups is 3. The maximum Gasteiger partial charge on any atom is 0.408 e. The third-order valence-electron chi connectivity index (χ3n) is 5.29. The van der Waals surface area contributed by atoms with Crippen molar-refractivity contribution >= 4 is 35.0 Å². The fourth-order valence-electron chi connectivity index (χ4n) is 3.51. The molecule has 0 radical (unpaired) electrons. The molecule has 10 heteroatoms. The molecule has 3 N–H and O–H groups in total. The van der Waals surface area contributed by atoms with Crippen LogP contribution in [0.15, 0.2) is 24.3 Å². The number of fused-ring (bicyclic) bond motifs is 1. The number of hydrogen-bond donors (Lipinski definition) is 3. The van der Waals surface area contributed by atoms with E-state index in [2.05, 4.69) is 20.6 Å². The minimum absolute atomic E-state index is 0.143. The third kappa shape index (κ3) is 5.49. The molecule has 0 aliphatic carbocycles. The molecule has 1 aromatic carbocycles. The van der Waals surface area contributed by atoms with Crippen molar-refractivity contribution in [3.8, 4) is 0 Å². The van der Waals surface area contributed by atoms with Gasteiger partial charge in [-0.15, -0.1) is 0 Å². The number of anilines is 1. The highest BCUT2D eigenvalue weighted by Gasteiger charge is 2.38. The summed E-state index contributed by atoms with van der Waals surface area (Å²) in [5.74, 6) is -0.181. The summed E-state index contributed by atoms with van der Waals surface area (Å²) in [5.41, 5.74) is 0.852. The number of nitrogens with zero attached hydrogens (tertiary/aromatic N) is 3. The molecule has 2 aromatic rings. The molecule has 1 saturated heterocycles. The van der Waals surface area contributed by atoms with E-state index in [0.717, 1.165) is 11.0 Å². The molecule has 2 atom stereocenters. The normalized spacial score (nSPS) is 16.0. The minimum atomic E-state index is -0.811. The summed E-state index contributed by atoms with van der Waals surface area (Å²) in [6.07, 6.45) is 0.651. The van der Waals surface area contributed by atoms with Crippen LogP contribution in [0.5, 0.6) is 0 Å². The van der Waals surface area contributed by atoms with Crippen molar-refractivity contribution in [1.29, 1.82) is 0 Å². The molecular formula is C22H32N6O4. The number of carbonyl (C=O) groups excluding carboxylic acids is 3. The number of benzene rings is 1. The van der Waals surface area contributed by atoms with Gasteiger partial charge >= 0.3 is 12.1 Å². The van der Waals surface area contributed by atoms with Crippen molar-refractivity contribution in [2.24, 2.45) is 5.92 Å². The van der Waals surface area contributed by atoms with Gasteiger partial charge in [-0.05, 0) is 45.2 Å². The first-order chi connectivity index (χ1) is 15.1. The second kappa shape index (κ2) is 9.46. The molecule has 2 unspecified atom stereocenters. The quantitative estimate of drug-likeness (QED) is 0.652. The molecule has 1 aliphatic heterocycles. The average molecular weight is 445 g/mol. The van der Waals surface area contributed by atoms with Crippen LogP contribution in [-0.2, 0) is 9.53 Å². The van der Waals surface area contributed by atoms with Gasteiger partial charge in [-0.1, -0.05) is 32.4 Å². The van der Waals surface area contributed by atoms with Gasteiger partial charge in [-0.25, -0.2) is 24.6 Å². The third-order valence-corrected chi connectivity index (χ3v) is 5.29. The number of ether oxygens (including phenoxy) is 1. The fourth-order valence-corrected chi connectivity index (χ4v) is 3.51. The van der Waals surface area contributed by atoms with Crippen molar-refractivity contribution in [2.75, 3.05) is 18.4 Å². The van der Waals surface area contributed by atoms with Crippen molar-refractivity contribution in [3.63, 3.8) is 0 Å². The number of nitrogens with one attached hydrogen (secondary N) is 3. The van der Waals surface area contributed by atoms with Crippen molar-refractivity contribution in [3.05, 3.63) is 24.3 Å². The number of hydrogen-bond acceptors (Lipinski definition) is 5. The van der Waals surface area contributed by atoms with Gasteiger partial charge in [0.25, 0.3) is 5.91 Å². The topological polar surface area (TPSA) is 120 Å². The molecule has 0 saturated carbocycles. The Morgan fingerprint density at radius 2 is 1.88 bits per heavy atom. The van der Waals surface area contributed by atoms with Crippen LogP contribution < -0.4 is 10.6 Å². The highest BCUT2D eigenvalue weighted by atomic mass is 16.6. The zero-order valence-electron chi connectivity index (χ0n) is 19.3. The number of aromatic nitrogens is 2. The van der Waals surface area contributed by atoms with Crippen LogP contribution in [0.1, 0.15) is 47.5 Å². The van der Waals surface area contributed by atoms with Gasteiger partial charge in [-0.3, -0.25) is 10.1 Å². The van der Waals surface area contributed by atoms with E-state index < -0.39 is 23.8 Å². The number of imidazole rings is 1. The summed E-state index contributed by atoms with van der Waals surface area (Å²) < 4.78 is 5.33. The zero-order valence-corrected chi connectivity index (χ0v) is 19.3. The van der Waals surface area contributed by atoms with E-state index in [0.29, 0.717) is 31.9 Å². The summed E-state index contributed by atoms with van der Waals surface area (Å²) in [4.78, 5) is 46.0. The average Bonchev–Trinajstić information content (AvgIpc) is 3.36. The second-order valence-corrected chi connectivity index (χ2v) is 8.98. The Balaban J connectivity index is 1.72. The Hall–Kier alpha value is -3.30. The molecule has 2 heterocycles. The van der Waals surface area contributed by atoms with E-state index in [-0.39, 0.29) is 11.8 Å². The van der Waals surface area contributed by atoms with Crippen LogP contribution in [0.25, 0.3) is 11.0 Å². The molecule has 1 fully saturated rings. The maximum atomic E-state index is 13.4. The number of urea groups is 1. The smallest absolute Gasteiger partial charge is 0.408 e. The molecule has 0 bridgehead atoms. The lowest BCUT2D eigenvalue weighted by Crippen LogP contribution is -2.56. The van der Waals surface area contributed by atoms with Gasteiger partial charge in [0.15, 0.2) is 0 Å². The summed E-state index contributed by atoms with van der Waals surface area (Å²) in [6.45, 7) is 9.88. The number of rotatable bonds is 5. The fraction of sp³-hybridized carbons (Fsp3) is 0.545. The number of para-hydroxylation sites is 2. The van der Waals surface area contributed by atoms with Crippen LogP contribution in [0.4, 0.5) is 15.5 Å². The van der Waals surface area contributed by atoms with E-state index in [4.69, 9.17) is 4.74 Å². The SMILES string of the molecule is CCC(C)C(NC(=O)OC(C)(C)C)C(=O)N1CCCN1C(=O)Nc1nc2ccccc2[nH]1. The first-order valence-electron chi connectivity index (χ1n) is 10.9. The predicted molar refractivity (Wildman–Crippen MR) is 121 cm³/mol. The Kier molecular flexibility index (Phi) is 6.90. The van der Waals surface area contributed by atoms with Gasteiger partial charge in [0.2, 0.25) is 5.95 Å². The Bertz CT molecular complexity index is 949. The monoisotopic (exact) mass is 444 g/mol. The number of amides is 4. The summed E-state index contributed by atoms with van der Waals surface area (Å²) in [5, 5.41) is 8.18. The Labute approximate surface area is 187 Å². The highest BCUT2D eigenvalue weighted by molar-refractivity contribution is 5.93.